The summed E-state index contributed by atoms with van der Waals surface area (Å²) >= 11 is 0. The molecule has 0 aromatic heterocycles. The molecule has 0 amide bonds. The Kier molecular flexibility index (Phi) is 3.51. The normalized spacial score (nSPS) is 43.3. The van der Waals surface area contributed by atoms with E-state index in [0.29, 0.717) is 19.8 Å². The van der Waals surface area contributed by atoms with Crippen molar-refractivity contribution < 1.29 is 24.1 Å². The third-order valence-corrected chi connectivity index (χ3v) is 5.21. The molecule has 120 valence electrons. The summed E-state index contributed by atoms with van der Waals surface area (Å²) in [7, 11) is 1.62. The van der Waals surface area contributed by atoms with E-state index in [-0.39, 0.29) is 12.2 Å². The zero-order valence-corrected chi connectivity index (χ0v) is 12.7. The summed E-state index contributed by atoms with van der Waals surface area (Å²) in [6.07, 6.45) is 0.806. The van der Waals surface area contributed by atoms with Gasteiger partial charge in [0.1, 0.15) is 17.8 Å². The van der Waals surface area contributed by atoms with E-state index in [1.165, 1.54) is 0 Å². The Labute approximate surface area is 130 Å². The van der Waals surface area contributed by atoms with Crippen molar-refractivity contribution in [2.24, 2.45) is 0 Å². The van der Waals surface area contributed by atoms with Crippen LogP contribution in [0.4, 0.5) is 0 Å². The van der Waals surface area contributed by atoms with Crippen LogP contribution in [0.25, 0.3) is 0 Å². The summed E-state index contributed by atoms with van der Waals surface area (Å²) in [4.78, 5) is 0. The van der Waals surface area contributed by atoms with E-state index in [9.17, 15) is 5.11 Å². The Morgan fingerprint density at radius 1 is 1.32 bits per heavy atom. The minimum absolute atomic E-state index is 0.158. The molecule has 1 spiro atoms. The zero-order chi connectivity index (χ0) is 15.2. The SMILES string of the molecule is CO[C@@H]1[C@H](OCc2ccccc2)CC[C@]2(CO2)[C@@]1(O)C1CO1. The molecule has 1 aromatic rings. The van der Waals surface area contributed by atoms with Crippen molar-refractivity contribution in [3.8, 4) is 0 Å². The molecule has 0 bridgehead atoms. The predicted octanol–water partition coefficient (Wildman–Crippen LogP) is 1.28. The third-order valence-electron chi connectivity index (χ3n) is 5.21. The molecule has 1 aliphatic carbocycles. The molecule has 22 heavy (non-hydrogen) atoms. The van der Waals surface area contributed by atoms with E-state index in [2.05, 4.69) is 0 Å². The summed E-state index contributed by atoms with van der Waals surface area (Å²) in [5.41, 5.74) is -0.491. The van der Waals surface area contributed by atoms with Gasteiger partial charge in [0.25, 0.3) is 0 Å². The van der Waals surface area contributed by atoms with Gasteiger partial charge in [0.05, 0.1) is 25.9 Å². The summed E-state index contributed by atoms with van der Waals surface area (Å²) in [6.45, 7) is 1.66. The lowest BCUT2D eigenvalue weighted by atomic mass is 9.70. The summed E-state index contributed by atoms with van der Waals surface area (Å²) in [5.74, 6) is 0. The van der Waals surface area contributed by atoms with Crippen LogP contribution in [-0.2, 0) is 25.6 Å². The lowest BCUT2D eigenvalue weighted by molar-refractivity contribution is -0.218. The van der Waals surface area contributed by atoms with Crippen LogP contribution in [0.15, 0.2) is 30.3 Å². The van der Waals surface area contributed by atoms with Crippen LogP contribution in [0.1, 0.15) is 18.4 Å². The van der Waals surface area contributed by atoms with Crippen LogP contribution >= 0.6 is 0 Å². The average Bonchev–Trinajstić information content (AvgIpc) is 3.44. The highest BCUT2D eigenvalue weighted by Gasteiger charge is 2.73. The monoisotopic (exact) mass is 306 g/mol. The summed E-state index contributed by atoms with van der Waals surface area (Å²) in [6, 6.07) is 10.0. The van der Waals surface area contributed by atoms with Gasteiger partial charge >= 0.3 is 0 Å². The molecule has 5 heteroatoms. The van der Waals surface area contributed by atoms with E-state index in [1.54, 1.807) is 7.11 Å². The van der Waals surface area contributed by atoms with E-state index < -0.39 is 17.3 Å². The van der Waals surface area contributed by atoms with Gasteiger partial charge in [-0.15, -0.1) is 0 Å². The van der Waals surface area contributed by atoms with Crippen molar-refractivity contribution >= 4 is 0 Å². The van der Waals surface area contributed by atoms with Crippen molar-refractivity contribution in [1.82, 2.24) is 0 Å². The maximum atomic E-state index is 11.3. The number of benzene rings is 1. The minimum Gasteiger partial charge on any atom is -0.381 e. The number of aliphatic hydroxyl groups is 1. The quantitative estimate of drug-likeness (QED) is 0.830. The van der Waals surface area contributed by atoms with Gasteiger partial charge in [0.2, 0.25) is 0 Å². The Hall–Kier alpha value is -0.980. The van der Waals surface area contributed by atoms with E-state index >= 15 is 0 Å². The molecule has 1 N–H and O–H groups in total. The molecule has 0 radical (unpaired) electrons. The maximum Gasteiger partial charge on any atom is 0.152 e. The van der Waals surface area contributed by atoms with Crippen LogP contribution in [0, 0.1) is 0 Å². The second-order valence-electron chi connectivity index (χ2n) is 6.46. The van der Waals surface area contributed by atoms with E-state index in [0.717, 1.165) is 18.4 Å². The fourth-order valence-electron chi connectivity index (χ4n) is 3.79. The topological polar surface area (TPSA) is 63.8 Å². The fraction of sp³-hybridized carbons (Fsp3) is 0.647. The van der Waals surface area contributed by atoms with Crippen molar-refractivity contribution in [3.05, 3.63) is 35.9 Å². The number of hydrogen-bond donors (Lipinski definition) is 1. The van der Waals surface area contributed by atoms with Gasteiger partial charge in [-0.2, -0.15) is 0 Å². The van der Waals surface area contributed by atoms with Crippen LogP contribution in [0.5, 0.6) is 0 Å². The predicted molar refractivity (Wildman–Crippen MR) is 78.4 cm³/mol. The highest BCUT2D eigenvalue weighted by molar-refractivity contribution is 5.23. The molecular weight excluding hydrogens is 284 g/mol. The number of epoxide rings is 2. The minimum atomic E-state index is -1.11. The van der Waals surface area contributed by atoms with Crippen LogP contribution in [0.2, 0.25) is 0 Å². The van der Waals surface area contributed by atoms with Gasteiger partial charge in [0.15, 0.2) is 5.60 Å². The summed E-state index contributed by atoms with van der Waals surface area (Å²) in [5, 5.41) is 11.3. The molecule has 4 rings (SSSR count). The molecule has 2 saturated heterocycles. The van der Waals surface area contributed by atoms with Gasteiger partial charge in [-0.3, -0.25) is 0 Å². The Balaban J connectivity index is 1.51. The molecular formula is C17H22O5. The highest BCUT2D eigenvalue weighted by atomic mass is 16.6. The first-order chi connectivity index (χ1) is 10.7. The molecule has 5 atom stereocenters. The first kappa shape index (κ1) is 14.6. The van der Waals surface area contributed by atoms with Crippen LogP contribution in [0.3, 0.4) is 0 Å². The lowest BCUT2D eigenvalue weighted by Gasteiger charge is -2.46. The fourth-order valence-corrected chi connectivity index (χ4v) is 3.79. The second-order valence-corrected chi connectivity index (χ2v) is 6.46. The van der Waals surface area contributed by atoms with Gasteiger partial charge in [-0.05, 0) is 18.4 Å². The van der Waals surface area contributed by atoms with Crippen molar-refractivity contribution in [2.45, 2.75) is 49.0 Å². The molecule has 1 unspecified atom stereocenters. The standard InChI is InChI=1S/C17H22O5/c1-19-15-13(20-9-12-5-3-2-4-6-12)7-8-16(11-22-16)17(15,18)14-10-21-14/h2-6,13-15,18H,7-11H2,1H3/t13-,14?,15-,16+,17-/m1/s1. The first-order valence-corrected chi connectivity index (χ1v) is 7.86. The molecule has 2 aliphatic heterocycles. The Morgan fingerprint density at radius 3 is 2.64 bits per heavy atom. The molecule has 5 nitrogen and oxygen atoms in total. The van der Waals surface area contributed by atoms with E-state index in [1.807, 2.05) is 30.3 Å². The number of ether oxygens (including phenoxy) is 4. The second kappa shape index (κ2) is 5.28. The average molecular weight is 306 g/mol. The third kappa shape index (κ3) is 2.20. The van der Waals surface area contributed by atoms with Crippen molar-refractivity contribution in [1.29, 1.82) is 0 Å². The van der Waals surface area contributed by atoms with Crippen LogP contribution in [-0.4, -0.2) is 54.9 Å². The Bertz CT molecular complexity index is 525. The molecule has 2 heterocycles. The highest BCUT2D eigenvalue weighted by Crippen LogP contribution is 2.54. The van der Waals surface area contributed by atoms with Crippen molar-refractivity contribution in [3.63, 3.8) is 0 Å². The van der Waals surface area contributed by atoms with Gasteiger partial charge in [0, 0.05) is 7.11 Å². The molecule has 3 fully saturated rings. The largest absolute Gasteiger partial charge is 0.381 e. The smallest absolute Gasteiger partial charge is 0.152 e. The van der Waals surface area contributed by atoms with Gasteiger partial charge < -0.3 is 24.1 Å². The zero-order valence-electron chi connectivity index (χ0n) is 12.7. The maximum absolute atomic E-state index is 11.3. The summed E-state index contributed by atoms with van der Waals surface area (Å²) < 4.78 is 22.8. The van der Waals surface area contributed by atoms with Crippen LogP contribution < -0.4 is 0 Å². The number of hydrogen-bond acceptors (Lipinski definition) is 5. The van der Waals surface area contributed by atoms with E-state index in [4.69, 9.17) is 18.9 Å². The first-order valence-electron chi connectivity index (χ1n) is 7.86. The van der Waals surface area contributed by atoms with Gasteiger partial charge in [-0.1, -0.05) is 30.3 Å². The Morgan fingerprint density at radius 2 is 2.05 bits per heavy atom. The number of rotatable bonds is 5. The lowest BCUT2D eigenvalue weighted by Crippen LogP contribution is -2.66. The molecule has 1 saturated carbocycles. The molecule has 3 aliphatic rings. The van der Waals surface area contributed by atoms with Crippen molar-refractivity contribution in [2.75, 3.05) is 20.3 Å². The molecule has 1 aromatic carbocycles. The van der Waals surface area contributed by atoms with Gasteiger partial charge in [-0.25, -0.2) is 0 Å². The number of methoxy groups -OCH3 is 1.